The number of nitrogens with two attached hydrogens (primary N) is 3. The molecule has 1 heterocycles. The number of nitrogens with one attached hydrogen (secondary N) is 10. The minimum atomic E-state index is -1.51. The van der Waals surface area contributed by atoms with Gasteiger partial charge in [-0.2, -0.15) is 0 Å². The van der Waals surface area contributed by atoms with Crippen molar-refractivity contribution in [3.8, 4) is 0 Å². The van der Waals surface area contributed by atoms with E-state index in [2.05, 4.69) is 60.1 Å². The van der Waals surface area contributed by atoms with E-state index in [1.54, 1.807) is 37.3 Å². The van der Waals surface area contributed by atoms with Gasteiger partial charge in [-0.3, -0.25) is 47.9 Å². The Morgan fingerprint density at radius 2 is 1.04 bits per heavy atom. The van der Waals surface area contributed by atoms with Crippen LogP contribution in [0, 0.1) is 11.8 Å². The first-order chi connectivity index (χ1) is 36.6. The van der Waals surface area contributed by atoms with Crippen LogP contribution in [0.5, 0.6) is 0 Å². The van der Waals surface area contributed by atoms with E-state index >= 15 is 0 Å². The van der Waals surface area contributed by atoms with Gasteiger partial charge >= 0.3 is 0 Å². The summed E-state index contributed by atoms with van der Waals surface area (Å²) in [6.45, 7) is 11.7. The predicted molar refractivity (Wildman–Crippen MR) is 290 cm³/mol. The molecule has 434 valence electrons. The van der Waals surface area contributed by atoms with E-state index in [9.17, 15) is 53.1 Å². The van der Waals surface area contributed by atoms with E-state index in [1.165, 1.54) is 6.92 Å². The number of hydrogen-bond acceptors (Lipinski definition) is 14. The highest BCUT2D eigenvalue weighted by Crippen LogP contribution is 2.12. The highest BCUT2D eigenvalue weighted by molar-refractivity contribution is 5.98. The second-order valence-electron chi connectivity index (χ2n) is 20.6. The van der Waals surface area contributed by atoms with Gasteiger partial charge in [0.1, 0.15) is 54.4 Å². The summed E-state index contributed by atoms with van der Waals surface area (Å²) in [6, 6.07) is -3.25. The van der Waals surface area contributed by atoms with Gasteiger partial charge in [0.15, 0.2) is 0 Å². The van der Waals surface area contributed by atoms with Crippen LogP contribution in [0.15, 0.2) is 30.3 Å². The van der Waals surface area contributed by atoms with Crippen LogP contribution in [0.3, 0.4) is 0 Å². The Hall–Kier alpha value is -6.24. The molecule has 0 unspecified atom stereocenters. The van der Waals surface area contributed by atoms with Gasteiger partial charge < -0.3 is 75.5 Å². The summed E-state index contributed by atoms with van der Waals surface area (Å²) < 4.78 is 0. The number of benzene rings is 1. The summed E-state index contributed by atoms with van der Waals surface area (Å²) in [4.78, 5) is 140. The third-order valence-corrected chi connectivity index (χ3v) is 12.9. The van der Waals surface area contributed by atoms with Gasteiger partial charge in [-0.25, -0.2) is 0 Å². The summed E-state index contributed by atoms with van der Waals surface area (Å²) in [5.74, 6) is -7.97. The standard InChI is InChI=1S/C53H91N13O11/c1-8-10-11-12-16-19-43(68)66-44(33(7)67)53(77)58-35(9-2)46(70)62-39-23-27-57-45(69)40(28-31(3)4)63-48(72)37(21-25-55)59-47(71)36(20-24-54)61-51(75)41(29-32(5)6)64-52(76)42(30-34-17-14-13-15-18-34)65-49(73)38(22-26-56)60-50(39)74/h13-15,17-18,31-33,35-42,44,67H,8-12,16,19-30,54-56H2,1-7H3,(H,57,69)(H,58,77)(H,59,71)(H,60,74)(H,61,75)(H,62,70)(H,63,72)(H,64,76)(H,65,73)(H,66,68)/t33-,35+,36+,37+,38+,39+,40+,41+,42+,44+/m1/s1. The first-order valence-electron chi connectivity index (χ1n) is 27.4. The lowest BCUT2D eigenvalue weighted by Gasteiger charge is -2.28. The number of unbranched alkanes of at least 4 members (excludes halogenated alkanes) is 4. The highest BCUT2D eigenvalue weighted by atomic mass is 16.3. The van der Waals surface area contributed by atoms with Gasteiger partial charge in [-0.15, -0.1) is 0 Å². The quantitative estimate of drug-likeness (QED) is 0.0491. The average molecular weight is 1090 g/mol. The van der Waals surface area contributed by atoms with Crippen LogP contribution < -0.4 is 70.4 Å². The zero-order valence-electron chi connectivity index (χ0n) is 46.3. The second kappa shape index (κ2) is 36.0. The van der Waals surface area contributed by atoms with E-state index in [4.69, 9.17) is 17.2 Å². The fourth-order valence-electron chi connectivity index (χ4n) is 8.56. The summed E-state index contributed by atoms with van der Waals surface area (Å²) in [7, 11) is 0. The predicted octanol–water partition coefficient (Wildman–Crippen LogP) is -1.60. The first-order valence-corrected chi connectivity index (χ1v) is 27.4. The van der Waals surface area contributed by atoms with Crippen molar-refractivity contribution in [2.45, 2.75) is 199 Å². The van der Waals surface area contributed by atoms with Gasteiger partial charge in [0.2, 0.25) is 59.1 Å². The van der Waals surface area contributed by atoms with Crippen molar-refractivity contribution in [1.29, 1.82) is 0 Å². The second-order valence-corrected chi connectivity index (χ2v) is 20.6. The lowest BCUT2D eigenvalue weighted by atomic mass is 10.00. The maximum Gasteiger partial charge on any atom is 0.245 e. The molecule has 24 nitrogen and oxygen atoms in total. The van der Waals surface area contributed by atoms with Crippen molar-refractivity contribution in [1.82, 2.24) is 53.2 Å². The molecule has 0 aromatic heterocycles. The normalized spacial score (nSPS) is 22.9. The van der Waals surface area contributed by atoms with Crippen LogP contribution in [0.4, 0.5) is 0 Å². The van der Waals surface area contributed by atoms with E-state index in [-0.39, 0.29) is 95.8 Å². The summed E-state index contributed by atoms with van der Waals surface area (Å²) in [6.07, 6.45) is 2.72. The lowest BCUT2D eigenvalue weighted by Crippen LogP contribution is -2.61. The molecule has 0 radical (unpaired) electrons. The molecule has 10 atom stereocenters. The Labute approximate surface area is 454 Å². The molecule has 1 saturated heterocycles. The fourth-order valence-corrected chi connectivity index (χ4v) is 8.56. The Kier molecular flexibility index (Phi) is 31.2. The molecule has 24 heteroatoms. The maximum absolute atomic E-state index is 14.4. The lowest BCUT2D eigenvalue weighted by molar-refractivity contribution is -0.136. The van der Waals surface area contributed by atoms with Gasteiger partial charge in [0.05, 0.1) is 6.10 Å². The van der Waals surface area contributed by atoms with Crippen LogP contribution in [0.1, 0.15) is 138 Å². The maximum atomic E-state index is 14.4. The molecule has 77 heavy (non-hydrogen) atoms. The fraction of sp³-hybridized carbons (Fsp3) is 0.698. The average Bonchev–Trinajstić information content (AvgIpc) is 3.37. The molecule has 10 amide bonds. The Bertz CT molecular complexity index is 2060. The molecule has 2 rings (SSSR count). The van der Waals surface area contributed by atoms with E-state index in [0.717, 1.165) is 25.7 Å². The van der Waals surface area contributed by atoms with Crippen LogP contribution in [-0.4, -0.2) is 151 Å². The SMILES string of the molecule is CCCCCCCC(=O)N[C@H](C(=O)N[C@@H](CC)C(=O)N[C@H]1CCNC(=O)[C@H](CC(C)C)NC(=O)[C@H](CCN)NC(=O)[C@H](CCN)NC(=O)[C@H](CC(C)C)NC(=O)[C@H](Cc2ccccc2)NC(=O)[C@H](CCN)NC1=O)[C@@H](C)O. The van der Waals surface area contributed by atoms with Gasteiger partial charge in [-0.05, 0) is 95.3 Å². The number of rotatable bonds is 25. The van der Waals surface area contributed by atoms with Crippen molar-refractivity contribution in [2.75, 3.05) is 26.2 Å². The van der Waals surface area contributed by atoms with Crippen molar-refractivity contribution in [3.63, 3.8) is 0 Å². The highest BCUT2D eigenvalue weighted by Gasteiger charge is 2.36. The summed E-state index contributed by atoms with van der Waals surface area (Å²) in [5.41, 5.74) is 18.4. The van der Waals surface area contributed by atoms with Gasteiger partial charge in [0, 0.05) is 19.4 Å². The first kappa shape index (κ1) is 66.9. The summed E-state index contributed by atoms with van der Waals surface area (Å²) in [5, 5.41) is 37.1. The number of carbonyl (C=O) groups is 10. The van der Waals surface area contributed by atoms with Crippen LogP contribution >= 0.6 is 0 Å². The van der Waals surface area contributed by atoms with Crippen LogP contribution in [0.25, 0.3) is 0 Å². The monoisotopic (exact) mass is 1090 g/mol. The van der Waals surface area contributed by atoms with Crippen molar-refractivity contribution >= 4 is 59.1 Å². The largest absolute Gasteiger partial charge is 0.391 e. The molecule has 1 aliphatic rings. The molecule has 17 N–H and O–H groups in total. The zero-order chi connectivity index (χ0) is 57.6. The molecule has 1 aromatic rings. The smallest absolute Gasteiger partial charge is 0.245 e. The van der Waals surface area contributed by atoms with Gasteiger partial charge in [0.25, 0.3) is 0 Å². The minimum absolute atomic E-state index is 0.0147. The van der Waals surface area contributed by atoms with Crippen molar-refractivity contribution < 1.29 is 53.1 Å². The topological polar surface area (TPSA) is 389 Å². The van der Waals surface area contributed by atoms with Crippen molar-refractivity contribution in [2.24, 2.45) is 29.0 Å². The number of aliphatic hydroxyl groups is 1. The molecule has 1 aromatic carbocycles. The molecular weight excluding hydrogens is 995 g/mol. The molecule has 0 saturated carbocycles. The number of aliphatic hydroxyl groups excluding tert-OH is 1. The number of carbonyl (C=O) groups excluding carboxylic acids is 10. The van der Waals surface area contributed by atoms with Crippen LogP contribution in [0.2, 0.25) is 0 Å². The molecular formula is C53H91N13O11. The summed E-state index contributed by atoms with van der Waals surface area (Å²) >= 11 is 0. The van der Waals surface area contributed by atoms with Crippen molar-refractivity contribution in [3.05, 3.63) is 35.9 Å². The molecule has 0 bridgehead atoms. The molecule has 0 spiro atoms. The van der Waals surface area contributed by atoms with Crippen LogP contribution in [-0.2, 0) is 54.4 Å². The minimum Gasteiger partial charge on any atom is -0.391 e. The number of amides is 10. The zero-order valence-corrected chi connectivity index (χ0v) is 46.3. The molecule has 1 aliphatic heterocycles. The Morgan fingerprint density at radius 1 is 0.584 bits per heavy atom. The molecule has 1 fully saturated rings. The van der Waals surface area contributed by atoms with E-state index in [0.29, 0.717) is 12.0 Å². The Balaban J connectivity index is 2.69. The van der Waals surface area contributed by atoms with E-state index in [1.807, 2.05) is 27.7 Å². The molecule has 0 aliphatic carbocycles. The number of hydrogen-bond donors (Lipinski definition) is 14. The third kappa shape index (κ3) is 24.7. The third-order valence-electron chi connectivity index (χ3n) is 12.9. The van der Waals surface area contributed by atoms with Gasteiger partial charge in [-0.1, -0.05) is 97.6 Å². The Morgan fingerprint density at radius 3 is 1.52 bits per heavy atom. The van der Waals surface area contributed by atoms with E-state index < -0.39 is 120 Å².